The highest BCUT2D eigenvalue weighted by Gasteiger charge is 2.16. The van der Waals surface area contributed by atoms with E-state index < -0.39 is 5.97 Å². The van der Waals surface area contributed by atoms with Crippen LogP contribution < -0.4 is 4.74 Å². The lowest BCUT2D eigenvalue weighted by atomic mass is 10.1. The minimum Gasteiger partial charge on any atom is -0.482 e. The van der Waals surface area contributed by atoms with Crippen molar-refractivity contribution in [1.29, 1.82) is 5.26 Å². The van der Waals surface area contributed by atoms with Gasteiger partial charge in [0, 0.05) is 23.5 Å². The maximum Gasteiger partial charge on any atom is 0.344 e. The van der Waals surface area contributed by atoms with Gasteiger partial charge in [0.05, 0.1) is 11.6 Å². The van der Waals surface area contributed by atoms with Crippen LogP contribution in [-0.4, -0.2) is 29.5 Å². The van der Waals surface area contributed by atoms with Gasteiger partial charge in [-0.2, -0.15) is 5.26 Å². The number of nitrogens with zero attached hydrogens (tertiary/aromatic N) is 2. The number of carbonyl (C=O) groups is 2. The van der Waals surface area contributed by atoms with Gasteiger partial charge in [0.15, 0.2) is 13.2 Å². The molecule has 0 aliphatic rings. The summed E-state index contributed by atoms with van der Waals surface area (Å²) in [5.41, 5.74) is 2.94. The Hall–Kier alpha value is -3.07. The Morgan fingerprint density at radius 3 is 2.40 bits per heavy atom. The molecule has 6 heteroatoms. The molecule has 0 amide bonds. The Morgan fingerprint density at radius 1 is 1.16 bits per heavy atom. The third-order valence-corrected chi connectivity index (χ3v) is 3.89. The number of hydrogen-bond donors (Lipinski definition) is 0. The Balaban J connectivity index is 1.85. The molecular formula is C19H20N2O4. The van der Waals surface area contributed by atoms with Crippen LogP contribution in [0.1, 0.15) is 34.2 Å². The van der Waals surface area contributed by atoms with E-state index in [0.717, 1.165) is 17.9 Å². The molecule has 1 heterocycles. The molecule has 0 bridgehead atoms. The quantitative estimate of drug-likeness (QED) is 0.572. The van der Waals surface area contributed by atoms with Crippen molar-refractivity contribution in [3.63, 3.8) is 0 Å². The number of rotatable bonds is 7. The Labute approximate surface area is 146 Å². The first kappa shape index (κ1) is 18.3. The summed E-state index contributed by atoms with van der Waals surface area (Å²) >= 11 is 0. The topological polar surface area (TPSA) is 81.3 Å². The number of Topliss-reactive ketones (excluding diaryl/α,β-unsaturated/α-hetero) is 1. The maximum atomic E-state index is 12.2. The van der Waals surface area contributed by atoms with Crippen LogP contribution in [0.5, 0.6) is 5.75 Å². The fraction of sp³-hybridized carbons (Fsp3) is 0.316. The lowest BCUT2D eigenvalue weighted by Crippen LogP contribution is -2.19. The first-order valence-electron chi connectivity index (χ1n) is 7.94. The Morgan fingerprint density at radius 2 is 1.84 bits per heavy atom. The Bertz CT molecular complexity index is 813. The van der Waals surface area contributed by atoms with Gasteiger partial charge in [-0.25, -0.2) is 4.79 Å². The zero-order valence-corrected chi connectivity index (χ0v) is 14.5. The molecule has 0 saturated carbocycles. The van der Waals surface area contributed by atoms with E-state index in [1.54, 1.807) is 24.3 Å². The monoisotopic (exact) mass is 340 g/mol. The van der Waals surface area contributed by atoms with E-state index in [1.807, 2.05) is 37.5 Å². The zero-order valence-electron chi connectivity index (χ0n) is 14.5. The van der Waals surface area contributed by atoms with E-state index in [0.29, 0.717) is 16.9 Å². The fourth-order valence-corrected chi connectivity index (χ4v) is 2.60. The van der Waals surface area contributed by atoms with Gasteiger partial charge in [0.25, 0.3) is 0 Å². The van der Waals surface area contributed by atoms with Gasteiger partial charge in [-0.05, 0) is 51.1 Å². The average molecular weight is 340 g/mol. The highest BCUT2D eigenvalue weighted by atomic mass is 16.6. The summed E-state index contributed by atoms with van der Waals surface area (Å²) < 4.78 is 12.3. The van der Waals surface area contributed by atoms with Crippen molar-refractivity contribution < 1.29 is 19.1 Å². The molecule has 0 fully saturated rings. The van der Waals surface area contributed by atoms with Gasteiger partial charge in [-0.1, -0.05) is 0 Å². The summed E-state index contributed by atoms with van der Waals surface area (Å²) in [6.07, 6.45) is 0. The molecule has 2 aromatic rings. The zero-order chi connectivity index (χ0) is 18.4. The number of aryl methyl sites for hydroxylation is 1. The third kappa shape index (κ3) is 4.48. The normalized spacial score (nSPS) is 10.2. The summed E-state index contributed by atoms with van der Waals surface area (Å²) in [4.78, 5) is 24.0. The molecule has 2 rings (SSSR count). The molecule has 0 aliphatic carbocycles. The predicted octanol–water partition coefficient (Wildman–Crippen LogP) is 2.80. The molecule has 0 N–H and O–H groups in total. The van der Waals surface area contributed by atoms with E-state index in [1.165, 1.54) is 0 Å². The van der Waals surface area contributed by atoms with Crippen LogP contribution in [0.4, 0.5) is 0 Å². The minimum absolute atomic E-state index is 0.237. The van der Waals surface area contributed by atoms with Crippen LogP contribution in [0.3, 0.4) is 0 Å². The van der Waals surface area contributed by atoms with Gasteiger partial charge in [-0.15, -0.1) is 0 Å². The van der Waals surface area contributed by atoms with E-state index >= 15 is 0 Å². The summed E-state index contributed by atoms with van der Waals surface area (Å²) in [5, 5.41) is 8.72. The molecule has 0 saturated heterocycles. The molecule has 130 valence electrons. The minimum atomic E-state index is -0.623. The molecule has 1 aromatic heterocycles. The Kier molecular flexibility index (Phi) is 5.96. The molecule has 0 atom stereocenters. The first-order chi connectivity index (χ1) is 12.0. The van der Waals surface area contributed by atoms with Crippen LogP contribution >= 0.6 is 0 Å². The van der Waals surface area contributed by atoms with Crippen molar-refractivity contribution in [2.45, 2.75) is 27.3 Å². The van der Waals surface area contributed by atoms with Crippen molar-refractivity contribution in [2.75, 3.05) is 13.2 Å². The number of esters is 1. The van der Waals surface area contributed by atoms with Crippen molar-refractivity contribution in [3.8, 4) is 11.8 Å². The number of ether oxygens (including phenoxy) is 2. The summed E-state index contributed by atoms with van der Waals surface area (Å²) in [5.74, 6) is -0.407. The molecule has 1 aromatic carbocycles. The molecule has 6 nitrogen and oxygen atoms in total. The fourth-order valence-electron chi connectivity index (χ4n) is 2.60. The van der Waals surface area contributed by atoms with Gasteiger partial charge in [-0.3, -0.25) is 4.79 Å². The molecule has 25 heavy (non-hydrogen) atoms. The average Bonchev–Trinajstić information content (AvgIpc) is 2.92. The van der Waals surface area contributed by atoms with Crippen LogP contribution in [0.25, 0.3) is 0 Å². The maximum absolute atomic E-state index is 12.2. The number of benzene rings is 1. The number of aromatic nitrogens is 1. The van der Waals surface area contributed by atoms with Gasteiger partial charge in [0.2, 0.25) is 5.78 Å². The van der Waals surface area contributed by atoms with Crippen molar-refractivity contribution in [1.82, 2.24) is 4.57 Å². The lowest BCUT2D eigenvalue weighted by Gasteiger charge is -2.07. The van der Waals surface area contributed by atoms with E-state index in [4.69, 9.17) is 14.7 Å². The second-order valence-corrected chi connectivity index (χ2v) is 5.54. The molecule has 0 aliphatic heterocycles. The molecule has 0 unspecified atom stereocenters. The first-order valence-corrected chi connectivity index (χ1v) is 7.94. The highest BCUT2D eigenvalue weighted by Crippen LogP contribution is 2.16. The van der Waals surface area contributed by atoms with Crippen LogP contribution in [0, 0.1) is 25.2 Å². The summed E-state index contributed by atoms with van der Waals surface area (Å²) in [7, 11) is 0. The number of hydrogen-bond acceptors (Lipinski definition) is 5. The van der Waals surface area contributed by atoms with Crippen molar-refractivity contribution in [3.05, 3.63) is 52.8 Å². The predicted molar refractivity (Wildman–Crippen MR) is 91.5 cm³/mol. The second-order valence-electron chi connectivity index (χ2n) is 5.54. The van der Waals surface area contributed by atoms with Gasteiger partial charge >= 0.3 is 5.97 Å². The largest absolute Gasteiger partial charge is 0.482 e. The third-order valence-electron chi connectivity index (χ3n) is 3.89. The van der Waals surface area contributed by atoms with Crippen LogP contribution in [-0.2, 0) is 16.1 Å². The van der Waals surface area contributed by atoms with Crippen LogP contribution in [0.15, 0.2) is 30.3 Å². The van der Waals surface area contributed by atoms with Crippen molar-refractivity contribution in [2.24, 2.45) is 0 Å². The summed E-state index contributed by atoms with van der Waals surface area (Å²) in [6, 6.07) is 10.2. The number of nitriles is 1. The molecule has 0 radical (unpaired) electrons. The molecular weight excluding hydrogens is 320 g/mol. The second kappa shape index (κ2) is 8.15. The highest BCUT2D eigenvalue weighted by molar-refractivity contribution is 5.99. The van der Waals surface area contributed by atoms with E-state index in [9.17, 15) is 9.59 Å². The van der Waals surface area contributed by atoms with E-state index in [2.05, 4.69) is 0 Å². The van der Waals surface area contributed by atoms with Gasteiger partial charge in [0.1, 0.15) is 5.75 Å². The standard InChI is InChI=1S/C19H20N2O4/c1-4-21-13(2)9-17(14(21)3)18(22)11-25-19(23)12-24-16-7-5-15(10-20)6-8-16/h5-9H,4,11-12H2,1-3H3. The number of carbonyl (C=O) groups excluding carboxylic acids is 2. The lowest BCUT2D eigenvalue weighted by molar-refractivity contribution is -0.144. The summed E-state index contributed by atoms with van der Waals surface area (Å²) in [6.45, 7) is 5.99. The van der Waals surface area contributed by atoms with E-state index in [-0.39, 0.29) is 19.0 Å². The smallest absolute Gasteiger partial charge is 0.344 e. The van der Waals surface area contributed by atoms with Crippen LogP contribution in [0.2, 0.25) is 0 Å². The number of ketones is 1. The van der Waals surface area contributed by atoms with Gasteiger partial charge < -0.3 is 14.0 Å². The SMILES string of the molecule is CCn1c(C)cc(C(=O)COC(=O)COc2ccc(C#N)cc2)c1C. The molecule has 0 spiro atoms. The van der Waals surface area contributed by atoms with Crippen molar-refractivity contribution >= 4 is 11.8 Å².